The molecule has 0 fully saturated rings. The van der Waals surface area contributed by atoms with E-state index in [0.717, 1.165) is 6.08 Å². The molecule has 0 spiro atoms. The topological polar surface area (TPSA) is 74.6 Å². The molecule has 4 nitrogen and oxygen atoms in total. The van der Waals surface area contributed by atoms with Crippen LogP contribution in [-0.4, -0.2) is 28.1 Å². The summed E-state index contributed by atoms with van der Waals surface area (Å²) in [6, 6.07) is 0. The van der Waals surface area contributed by atoms with E-state index < -0.39 is 12.1 Å². The number of aliphatic hydroxyl groups is 1. The van der Waals surface area contributed by atoms with Gasteiger partial charge in [0, 0.05) is 0 Å². The molecule has 12 heavy (non-hydrogen) atoms. The van der Waals surface area contributed by atoms with Crippen molar-refractivity contribution in [2.45, 2.75) is 12.5 Å². The minimum absolute atomic E-state index is 0.231. The molecule has 4 heteroatoms. The van der Waals surface area contributed by atoms with Crippen LogP contribution in [0, 0.1) is 0 Å². The Bertz CT molecular complexity index is 275. The van der Waals surface area contributed by atoms with E-state index in [1.165, 1.54) is 12.2 Å². The molecule has 0 aromatic carbocycles. The Morgan fingerprint density at radius 2 is 2.25 bits per heavy atom. The first-order valence-corrected chi connectivity index (χ1v) is 3.42. The molecule has 0 saturated carbocycles. The molecule has 1 rings (SSSR count). The van der Waals surface area contributed by atoms with E-state index in [1.54, 1.807) is 0 Å². The van der Waals surface area contributed by atoms with Crippen LogP contribution in [0.2, 0.25) is 0 Å². The number of ketones is 1. The molecule has 1 aliphatic carbocycles. The molecule has 0 aromatic heterocycles. The van der Waals surface area contributed by atoms with Crippen LogP contribution in [0.15, 0.2) is 23.8 Å². The highest BCUT2D eigenvalue weighted by Crippen LogP contribution is 2.13. The van der Waals surface area contributed by atoms with Crippen LogP contribution in [0.3, 0.4) is 0 Å². The van der Waals surface area contributed by atoms with Crippen molar-refractivity contribution in [3.63, 3.8) is 0 Å². The third-order valence-corrected chi connectivity index (χ3v) is 1.51. The van der Waals surface area contributed by atoms with E-state index in [2.05, 4.69) is 0 Å². The lowest BCUT2D eigenvalue weighted by atomic mass is 10.00. The van der Waals surface area contributed by atoms with Crippen LogP contribution in [-0.2, 0) is 9.59 Å². The third-order valence-electron chi connectivity index (χ3n) is 1.51. The fraction of sp³-hybridized carbons (Fsp3) is 0.250. The van der Waals surface area contributed by atoms with Crippen molar-refractivity contribution >= 4 is 11.8 Å². The summed E-state index contributed by atoms with van der Waals surface area (Å²) >= 11 is 0. The normalized spacial score (nSPS) is 22.2. The summed E-state index contributed by atoms with van der Waals surface area (Å²) in [6.07, 6.45) is 2.42. The number of carboxylic acid groups (broad SMARTS) is 1. The molecular formula is C8H8O4. The second-order valence-corrected chi connectivity index (χ2v) is 2.50. The first-order valence-electron chi connectivity index (χ1n) is 3.42. The van der Waals surface area contributed by atoms with Crippen LogP contribution in [0.25, 0.3) is 0 Å². The molecule has 0 heterocycles. The summed E-state index contributed by atoms with van der Waals surface area (Å²) in [4.78, 5) is 21.0. The van der Waals surface area contributed by atoms with E-state index in [1.807, 2.05) is 0 Å². The SMILES string of the molecule is O=C1C=CC(O)C(CC(=O)O)=C1. The lowest BCUT2D eigenvalue weighted by Crippen LogP contribution is -2.15. The maximum absolute atomic E-state index is 10.7. The van der Waals surface area contributed by atoms with Crippen LogP contribution in [0.5, 0.6) is 0 Å². The highest BCUT2D eigenvalue weighted by Gasteiger charge is 2.16. The van der Waals surface area contributed by atoms with Gasteiger partial charge in [-0.15, -0.1) is 0 Å². The molecule has 0 bridgehead atoms. The molecule has 0 radical (unpaired) electrons. The minimum Gasteiger partial charge on any atom is -0.481 e. The average molecular weight is 168 g/mol. The second-order valence-electron chi connectivity index (χ2n) is 2.50. The van der Waals surface area contributed by atoms with Crippen LogP contribution in [0.1, 0.15) is 6.42 Å². The van der Waals surface area contributed by atoms with Gasteiger partial charge in [-0.05, 0) is 23.8 Å². The van der Waals surface area contributed by atoms with Crippen molar-refractivity contribution in [1.82, 2.24) is 0 Å². The smallest absolute Gasteiger partial charge is 0.307 e. The molecule has 1 atom stereocenters. The lowest BCUT2D eigenvalue weighted by molar-refractivity contribution is -0.136. The van der Waals surface area contributed by atoms with Crippen molar-refractivity contribution in [3.05, 3.63) is 23.8 Å². The van der Waals surface area contributed by atoms with Gasteiger partial charge in [0.2, 0.25) is 0 Å². The van der Waals surface area contributed by atoms with Gasteiger partial charge in [-0.2, -0.15) is 0 Å². The number of hydrogen-bond donors (Lipinski definition) is 2. The summed E-state index contributed by atoms with van der Waals surface area (Å²) < 4.78 is 0. The summed E-state index contributed by atoms with van der Waals surface area (Å²) in [6.45, 7) is 0. The van der Waals surface area contributed by atoms with Gasteiger partial charge in [-0.3, -0.25) is 9.59 Å². The fourth-order valence-corrected chi connectivity index (χ4v) is 0.956. The maximum Gasteiger partial charge on any atom is 0.307 e. The zero-order valence-electron chi connectivity index (χ0n) is 6.23. The van der Waals surface area contributed by atoms with Crippen LogP contribution < -0.4 is 0 Å². The second kappa shape index (κ2) is 3.32. The van der Waals surface area contributed by atoms with Gasteiger partial charge in [0.15, 0.2) is 5.78 Å². The van der Waals surface area contributed by atoms with E-state index in [-0.39, 0.29) is 17.8 Å². The largest absolute Gasteiger partial charge is 0.481 e. The highest BCUT2D eigenvalue weighted by molar-refractivity contribution is 6.01. The average Bonchev–Trinajstić information content (AvgIpc) is 1.96. The van der Waals surface area contributed by atoms with E-state index in [0.29, 0.717) is 0 Å². The lowest BCUT2D eigenvalue weighted by Gasteiger charge is -2.11. The van der Waals surface area contributed by atoms with Gasteiger partial charge in [0.1, 0.15) is 0 Å². The van der Waals surface area contributed by atoms with Gasteiger partial charge in [0.25, 0.3) is 0 Å². The number of allylic oxidation sites excluding steroid dienone is 2. The van der Waals surface area contributed by atoms with Crippen LogP contribution in [0.4, 0.5) is 0 Å². The Labute approximate surface area is 68.8 Å². The Balaban J connectivity index is 2.74. The maximum atomic E-state index is 10.7. The number of aliphatic carboxylic acids is 1. The zero-order chi connectivity index (χ0) is 9.14. The zero-order valence-corrected chi connectivity index (χ0v) is 6.23. The van der Waals surface area contributed by atoms with Crippen molar-refractivity contribution in [2.24, 2.45) is 0 Å². The monoisotopic (exact) mass is 168 g/mol. The van der Waals surface area contributed by atoms with Crippen molar-refractivity contribution in [1.29, 1.82) is 0 Å². The van der Waals surface area contributed by atoms with E-state index >= 15 is 0 Å². The predicted molar refractivity (Wildman–Crippen MR) is 40.5 cm³/mol. The fourth-order valence-electron chi connectivity index (χ4n) is 0.956. The predicted octanol–water partition coefficient (Wildman–Crippen LogP) is -0.113. The molecule has 0 aromatic rings. The van der Waals surface area contributed by atoms with Gasteiger partial charge >= 0.3 is 5.97 Å². The Kier molecular flexibility index (Phi) is 2.40. The molecule has 1 aliphatic rings. The van der Waals surface area contributed by atoms with Gasteiger partial charge in [-0.25, -0.2) is 0 Å². The summed E-state index contributed by atoms with van der Waals surface area (Å²) in [7, 11) is 0. The van der Waals surface area contributed by atoms with Crippen molar-refractivity contribution in [3.8, 4) is 0 Å². The molecule has 0 saturated heterocycles. The molecule has 64 valence electrons. The van der Waals surface area contributed by atoms with Crippen LogP contribution >= 0.6 is 0 Å². The van der Waals surface area contributed by atoms with Gasteiger partial charge < -0.3 is 10.2 Å². The number of rotatable bonds is 2. The van der Waals surface area contributed by atoms with Gasteiger partial charge in [0.05, 0.1) is 12.5 Å². The molecular weight excluding hydrogens is 160 g/mol. The highest BCUT2D eigenvalue weighted by atomic mass is 16.4. The Hall–Kier alpha value is -1.42. The number of hydrogen-bond acceptors (Lipinski definition) is 3. The number of carboxylic acids is 1. The van der Waals surface area contributed by atoms with Crippen molar-refractivity contribution in [2.75, 3.05) is 0 Å². The quantitative estimate of drug-likeness (QED) is 0.603. The van der Waals surface area contributed by atoms with E-state index in [9.17, 15) is 9.59 Å². The molecule has 0 amide bonds. The number of carbonyl (C=O) groups excluding carboxylic acids is 1. The molecule has 0 aliphatic heterocycles. The Morgan fingerprint density at radius 3 is 2.83 bits per heavy atom. The van der Waals surface area contributed by atoms with E-state index in [4.69, 9.17) is 10.2 Å². The molecule has 1 unspecified atom stereocenters. The summed E-state index contributed by atoms with van der Waals surface area (Å²) in [5.41, 5.74) is 0.231. The first kappa shape index (κ1) is 8.67. The summed E-state index contributed by atoms with van der Waals surface area (Å²) in [5.74, 6) is -1.33. The number of carbonyl (C=O) groups is 2. The van der Waals surface area contributed by atoms with Crippen molar-refractivity contribution < 1.29 is 19.8 Å². The molecule has 2 N–H and O–H groups in total. The summed E-state index contributed by atoms with van der Waals surface area (Å²) in [5, 5.41) is 17.5. The first-order chi connectivity index (χ1) is 5.59. The third kappa shape index (κ3) is 2.03. The minimum atomic E-state index is -1.05. The Morgan fingerprint density at radius 1 is 1.58 bits per heavy atom. The van der Waals surface area contributed by atoms with Gasteiger partial charge in [-0.1, -0.05) is 0 Å². The number of aliphatic hydroxyl groups excluding tert-OH is 1. The standard InChI is InChI=1S/C8H8O4/c9-6-1-2-7(10)5(3-6)4-8(11)12/h1-3,7,10H,4H2,(H,11,12).